The van der Waals surface area contributed by atoms with Crippen LogP contribution in [0.4, 0.5) is 17.1 Å². The van der Waals surface area contributed by atoms with E-state index in [0.717, 1.165) is 10.5 Å². The first kappa shape index (κ1) is 18.2. The molecule has 2 aromatic carbocycles. The highest BCUT2D eigenvalue weighted by atomic mass is 16.2. The number of hydrogen-bond acceptors (Lipinski definition) is 4. The number of carbonyl (C=O) groups is 3. The molecule has 3 amide bonds. The number of amides is 3. The number of nitrogens with zero attached hydrogens (tertiary/aromatic N) is 1. The molecule has 0 spiro atoms. The lowest BCUT2D eigenvalue weighted by Crippen LogP contribution is -2.42. The molecule has 0 aromatic heterocycles. The van der Waals surface area contributed by atoms with Crippen LogP contribution in [0.15, 0.2) is 48.5 Å². The van der Waals surface area contributed by atoms with Gasteiger partial charge in [-0.1, -0.05) is 38.1 Å². The molecule has 0 unspecified atom stereocenters. The molecule has 0 atom stereocenters. The second-order valence-corrected chi connectivity index (χ2v) is 5.95. The molecule has 2 rings (SSSR count). The van der Waals surface area contributed by atoms with Gasteiger partial charge in [-0.15, -0.1) is 0 Å². The monoisotopic (exact) mass is 339 g/mol. The van der Waals surface area contributed by atoms with Gasteiger partial charge < -0.3 is 11.1 Å². The molecule has 130 valence electrons. The number of rotatable bonds is 3. The minimum Gasteiger partial charge on any atom is -0.399 e. The summed E-state index contributed by atoms with van der Waals surface area (Å²) in [6.45, 7) is 5.19. The van der Waals surface area contributed by atoms with Crippen LogP contribution in [0.3, 0.4) is 0 Å². The number of anilines is 3. The number of para-hydroxylation sites is 1. The highest BCUT2D eigenvalue weighted by Crippen LogP contribution is 2.24. The molecule has 2 aromatic rings. The predicted octanol–water partition coefficient (Wildman–Crippen LogP) is 2.91. The summed E-state index contributed by atoms with van der Waals surface area (Å²) in [4.78, 5) is 37.7. The van der Waals surface area contributed by atoms with Gasteiger partial charge in [-0.05, 0) is 35.7 Å². The van der Waals surface area contributed by atoms with Gasteiger partial charge in [0.15, 0.2) is 0 Å². The van der Waals surface area contributed by atoms with Gasteiger partial charge in [0, 0.05) is 18.3 Å². The Morgan fingerprint density at radius 2 is 1.72 bits per heavy atom. The first-order chi connectivity index (χ1) is 11.8. The second-order valence-electron chi connectivity index (χ2n) is 5.95. The number of hydrogen-bond donors (Lipinski definition) is 2. The molecular formula is C19H21N3O3. The maximum absolute atomic E-state index is 12.5. The van der Waals surface area contributed by atoms with Crippen LogP contribution < -0.4 is 16.0 Å². The minimum absolute atomic E-state index is 0.171. The van der Waals surface area contributed by atoms with Crippen molar-refractivity contribution < 1.29 is 14.4 Å². The summed E-state index contributed by atoms with van der Waals surface area (Å²) in [5.41, 5.74) is 7.80. The molecule has 6 heteroatoms. The van der Waals surface area contributed by atoms with E-state index >= 15 is 0 Å². The molecule has 0 fully saturated rings. The third-order valence-corrected chi connectivity index (χ3v) is 3.67. The summed E-state index contributed by atoms with van der Waals surface area (Å²) in [6, 6.07) is 13.5. The zero-order valence-electron chi connectivity index (χ0n) is 14.4. The van der Waals surface area contributed by atoms with E-state index in [-0.39, 0.29) is 11.6 Å². The van der Waals surface area contributed by atoms with E-state index in [9.17, 15) is 14.4 Å². The maximum Gasteiger partial charge on any atom is 0.323 e. The van der Waals surface area contributed by atoms with Crippen LogP contribution in [0, 0.1) is 0 Å². The molecular weight excluding hydrogens is 318 g/mol. The van der Waals surface area contributed by atoms with Crippen molar-refractivity contribution >= 4 is 34.8 Å². The van der Waals surface area contributed by atoms with Crippen molar-refractivity contribution in [2.45, 2.75) is 26.7 Å². The predicted molar refractivity (Wildman–Crippen MR) is 98.2 cm³/mol. The Morgan fingerprint density at radius 3 is 2.32 bits per heavy atom. The molecule has 25 heavy (non-hydrogen) atoms. The number of carbonyl (C=O) groups excluding carboxylic acids is 3. The summed E-state index contributed by atoms with van der Waals surface area (Å²) in [5, 5.41) is 2.60. The lowest BCUT2D eigenvalue weighted by molar-refractivity contribution is -0.136. The SMILES string of the molecule is CC(=O)N(C(=O)C(=O)Nc1ccccc1C(C)C)c1cccc(N)c1. The van der Waals surface area contributed by atoms with Gasteiger partial charge in [0.2, 0.25) is 5.91 Å². The van der Waals surface area contributed by atoms with E-state index in [1.807, 2.05) is 26.0 Å². The van der Waals surface area contributed by atoms with Crippen LogP contribution in [0.1, 0.15) is 32.3 Å². The van der Waals surface area contributed by atoms with Crippen LogP contribution >= 0.6 is 0 Å². The van der Waals surface area contributed by atoms with Crippen molar-refractivity contribution in [2.75, 3.05) is 16.0 Å². The minimum atomic E-state index is -0.961. The Labute approximate surface area is 146 Å². The molecule has 0 aliphatic carbocycles. The Balaban J connectivity index is 2.29. The normalized spacial score (nSPS) is 10.4. The molecule has 0 aliphatic heterocycles. The van der Waals surface area contributed by atoms with E-state index in [1.165, 1.54) is 13.0 Å². The van der Waals surface area contributed by atoms with Crippen LogP contribution in [-0.2, 0) is 14.4 Å². The van der Waals surface area contributed by atoms with E-state index in [1.54, 1.807) is 30.3 Å². The van der Waals surface area contributed by atoms with Gasteiger partial charge in [0.25, 0.3) is 0 Å². The number of nitrogens with one attached hydrogen (secondary N) is 1. The van der Waals surface area contributed by atoms with Crippen LogP contribution in [0.2, 0.25) is 0 Å². The van der Waals surface area contributed by atoms with Gasteiger partial charge in [0.1, 0.15) is 0 Å². The van der Waals surface area contributed by atoms with E-state index in [2.05, 4.69) is 5.32 Å². The zero-order chi connectivity index (χ0) is 18.6. The van der Waals surface area contributed by atoms with Gasteiger partial charge in [-0.3, -0.25) is 14.4 Å². The Kier molecular flexibility index (Phi) is 5.54. The summed E-state index contributed by atoms with van der Waals surface area (Å²) in [5.74, 6) is -2.24. The standard InChI is InChI=1S/C19H21N3O3/c1-12(2)16-9-4-5-10-17(16)21-18(24)19(25)22(13(3)23)15-8-6-7-14(20)11-15/h4-12H,20H2,1-3H3,(H,21,24). The molecule has 3 N–H and O–H groups in total. The fourth-order valence-electron chi connectivity index (χ4n) is 2.50. The summed E-state index contributed by atoms with van der Waals surface area (Å²) < 4.78 is 0. The highest BCUT2D eigenvalue weighted by molar-refractivity contribution is 6.48. The van der Waals surface area contributed by atoms with E-state index in [4.69, 9.17) is 5.73 Å². The lowest BCUT2D eigenvalue weighted by atomic mass is 10.0. The van der Waals surface area contributed by atoms with Crippen molar-refractivity contribution in [1.29, 1.82) is 0 Å². The molecule has 0 saturated carbocycles. The van der Waals surface area contributed by atoms with Crippen molar-refractivity contribution in [3.05, 3.63) is 54.1 Å². The van der Waals surface area contributed by atoms with Crippen molar-refractivity contribution in [1.82, 2.24) is 0 Å². The number of benzene rings is 2. The second kappa shape index (κ2) is 7.61. The molecule has 0 bridgehead atoms. The van der Waals surface area contributed by atoms with Gasteiger partial charge >= 0.3 is 11.8 Å². The Bertz CT molecular complexity index is 815. The third kappa shape index (κ3) is 4.23. The topological polar surface area (TPSA) is 92.5 Å². The van der Waals surface area contributed by atoms with Gasteiger partial charge in [-0.25, -0.2) is 4.90 Å². The maximum atomic E-state index is 12.5. The van der Waals surface area contributed by atoms with Crippen LogP contribution in [-0.4, -0.2) is 17.7 Å². The molecule has 6 nitrogen and oxygen atoms in total. The fourth-order valence-corrected chi connectivity index (χ4v) is 2.50. The van der Waals surface area contributed by atoms with Crippen LogP contribution in [0.5, 0.6) is 0 Å². The van der Waals surface area contributed by atoms with Gasteiger partial charge in [0.05, 0.1) is 5.69 Å². The summed E-state index contributed by atoms with van der Waals surface area (Å²) in [7, 11) is 0. The molecule has 0 heterocycles. The smallest absolute Gasteiger partial charge is 0.323 e. The Morgan fingerprint density at radius 1 is 1.04 bits per heavy atom. The van der Waals surface area contributed by atoms with E-state index < -0.39 is 17.7 Å². The molecule has 0 aliphatic rings. The van der Waals surface area contributed by atoms with E-state index in [0.29, 0.717) is 11.4 Å². The quantitative estimate of drug-likeness (QED) is 0.664. The molecule has 0 radical (unpaired) electrons. The average Bonchev–Trinajstić information content (AvgIpc) is 2.55. The van der Waals surface area contributed by atoms with Crippen molar-refractivity contribution in [2.24, 2.45) is 0 Å². The van der Waals surface area contributed by atoms with Crippen molar-refractivity contribution in [3.8, 4) is 0 Å². The number of nitrogen functional groups attached to an aromatic ring is 1. The third-order valence-electron chi connectivity index (χ3n) is 3.67. The zero-order valence-corrected chi connectivity index (χ0v) is 14.4. The number of imide groups is 1. The van der Waals surface area contributed by atoms with Gasteiger partial charge in [-0.2, -0.15) is 0 Å². The van der Waals surface area contributed by atoms with Crippen LogP contribution in [0.25, 0.3) is 0 Å². The average molecular weight is 339 g/mol. The first-order valence-corrected chi connectivity index (χ1v) is 7.91. The largest absolute Gasteiger partial charge is 0.399 e. The highest BCUT2D eigenvalue weighted by Gasteiger charge is 2.27. The Hall–Kier alpha value is -3.15. The van der Waals surface area contributed by atoms with Crippen molar-refractivity contribution in [3.63, 3.8) is 0 Å². The first-order valence-electron chi connectivity index (χ1n) is 7.91. The summed E-state index contributed by atoms with van der Waals surface area (Å²) >= 11 is 0. The lowest BCUT2D eigenvalue weighted by Gasteiger charge is -2.20. The summed E-state index contributed by atoms with van der Waals surface area (Å²) in [6.07, 6.45) is 0. The molecule has 0 saturated heterocycles. The number of nitrogens with two attached hydrogens (primary N) is 1. The fraction of sp³-hybridized carbons (Fsp3) is 0.211.